The molecule has 1 atom stereocenters. The number of imidazole rings is 1. The van der Waals surface area contributed by atoms with E-state index in [2.05, 4.69) is 16.8 Å². The fraction of sp³-hybridized carbons (Fsp3) is 0.375. The number of aromatic nitrogens is 2. The van der Waals surface area contributed by atoms with Gasteiger partial charge in [-0.2, -0.15) is 0 Å². The van der Waals surface area contributed by atoms with E-state index in [0.29, 0.717) is 0 Å². The zero-order valence-corrected chi connectivity index (χ0v) is 6.57. The van der Waals surface area contributed by atoms with Crippen LogP contribution in [0, 0.1) is 11.8 Å². The zero-order chi connectivity index (χ0) is 8.27. The van der Waals surface area contributed by atoms with Crippen molar-refractivity contribution in [3.63, 3.8) is 0 Å². The number of aliphatic hydroxyl groups is 1. The van der Waals surface area contributed by atoms with Crippen molar-refractivity contribution in [2.75, 3.05) is 0 Å². The third kappa shape index (κ3) is 2.10. The van der Waals surface area contributed by atoms with Crippen LogP contribution in [-0.2, 0) is 7.05 Å². The molecule has 1 N–H and O–H groups in total. The van der Waals surface area contributed by atoms with Crippen LogP contribution in [0.2, 0.25) is 0 Å². The summed E-state index contributed by atoms with van der Waals surface area (Å²) < 4.78 is 1.80. The average Bonchev–Trinajstić information content (AvgIpc) is 2.31. The van der Waals surface area contributed by atoms with Gasteiger partial charge in [-0.25, -0.2) is 4.98 Å². The van der Waals surface area contributed by atoms with E-state index in [4.69, 9.17) is 5.11 Å². The monoisotopic (exact) mass is 150 g/mol. The van der Waals surface area contributed by atoms with Gasteiger partial charge in [-0.3, -0.25) is 0 Å². The molecular weight excluding hydrogens is 140 g/mol. The summed E-state index contributed by atoms with van der Waals surface area (Å²) >= 11 is 0. The summed E-state index contributed by atoms with van der Waals surface area (Å²) in [6.45, 7) is 1.63. The zero-order valence-electron chi connectivity index (χ0n) is 6.57. The molecule has 1 rings (SSSR count). The Kier molecular flexibility index (Phi) is 2.29. The standard InChI is InChI=1S/C8H10N2O/c1-7(11)3-4-8-5-9-6-10(8)2/h5-7,11H,1-2H3/t7-/m1/s1. The maximum atomic E-state index is 8.84. The van der Waals surface area contributed by atoms with Crippen molar-refractivity contribution in [2.45, 2.75) is 13.0 Å². The Morgan fingerprint density at radius 1 is 1.73 bits per heavy atom. The highest BCUT2D eigenvalue weighted by Gasteiger charge is 1.91. The maximum Gasteiger partial charge on any atom is 0.112 e. The summed E-state index contributed by atoms with van der Waals surface area (Å²) in [4.78, 5) is 3.88. The normalized spacial score (nSPS) is 11.9. The minimum absolute atomic E-state index is 0.579. The first kappa shape index (κ1) is 7.83. The molecule has 0 bridgehead atoms. The quantitative estimate of drug-likeness (QED) is 0.535. The molecule has 0 aliphatic rings. The third-order valence-electron chi connectivity index (χ3n) is 1.23. The summed E-state index contributed by atoms with van der Waals surface area (Å²) in [5, 5.41) is 8.84. The summed E-state index contributed by atoms with van der Waals surface area (Å²) in [7, 11) is 1.86. The van der Waals surface area contributed by atoms with Crippen LogP contribution < -0.4 is 0 Å². The van der Waals surface area contributed by atoms with E-state index in [1.807, 2.05) is 7.05 Å². The van der Waals surface area contributed by atoms with E-state index in [1.165, 1.54) is 0 Å². The Balaban J connectivity index is 2.81. The van der Waals surface area contributed by atoms with Crippen molar-refractivity contribution in [2.24, 2.45) is 7.05 Å². The molecular formula is C8H10N2O. The lowest BCUT2D eigenvalue weighted by Crippen LogP contribution is -1.94. The molecule has 0 radical (unpaired) electrons. The predicted molar refractivity (Wildman–Crippen MR) is 41.8 cm³/mol. The minimum atomic E-state index is -0.579. The second-order valence-corrected chi connectivity index (χ2v) is 2.34. The van der Waals surface area contributed by atoms with Crippen LogP contribution in [0.5, 0.6) is 0 Å². The first-order valence-corrected chi connectivity index (χ1v) is 3.36. The molecule has 58 valence electrons. The minimum Gasteiger partial charge on any atom is -0.381 e. The number of nitrogens with zero attached hydrogens (tertiary/aromatic N) is 2. The van der Waals surface area contributed by atoms with Crippen LogP contribution in [0.15, 0.2) is 12.5 Å². The van der Waals surface area contributed by atoms with Crippen LogP contribution in [0.1, 0.15) is 12.6 Å². The fourth-order valence-corrected chi connectivity index (χ4v) is 0.656. The first-order valence-electron chi connectivity index (χ1n) is 3.36. The largest absolute Gasteiger partial charge is 0.381 e. The lowest BCUT2D eigenvalue weighted by Gasteiger charge is -1.90. The van der Waals surface area contributed by atoms with Gasteiger partial charge in [0.15, 0.2) is 0 Å². The molecule has 1 heterocycles. The Morgan fingerprint density at radius 2 is 2.45 bits per heavy atom. The number of rotatable bonds is 0. The van der Waals surface area contributed by atoms with Gasteiger partial charge >= 0.3 is 0 Å². The molecule has 0 aliphatic heterocycles. The second kappa shape index (κ2) is 3.22. The van der Waals surface area contributed by atoms with Gasteiger partial charge in [0.1, 0.15) is 11.8 Å². The van der Waals surface area contributed by atoms with Gasteiger partial charge in [0.2, 0.25) is 0 Å². The van der Waals surface area contributed by atoms with Gasteiger partial charge in [-0.05, 0) is 12.8 Å². The molecule has 1 aromatic heterocycles. The lowest BCUT2D eigenvalue weighted by molar-refractivity contribution is 0.253. The molecule has 0 saturated heterocycles. The van der Waals surface area contributed by atoms with E-state index < -0.39 is 6.10 Å². The van der Waals surface area contributed by atoms with Gasteiger partial charge < -0.3 is 9.67 Å². The Labute approximate surface area is 65.7 Å². The van der Waals surface area contributed by atoms with Crippen molar-refractivity contribution < 1.29 is 5.11 Å². The van der Waals surface area contributed by atoms with E-state index in [0.717, 1.165) is 5.69 Å². The van der Waals surface area contributed by atoms with Crippen LogP contribution in [-0.4, -0.2) is 20.8 Å². The summed E-state index contributed by atoms with van der Waals surface area (Å²) in [5.74, 6) is 5.43. The predicted octanol–water partition coefficient (Wildman–Crippen LogP) is 0.152. The van der Waals surface area contributed by atoms with Gasteiger partial charge in [0.05, 0.1) is 12.5 Å². The van der Waals surface area contributed by atoms with E-state index in [-0.39, 0.29) is 0 Å². The SMILES string of the molecule is C[C@@H](O)C#Cc1cncn1C. The highest BCUT2D eigenvalue weighted by Crippen LogP contribution is 1.92. The van der Waals surface area contributed by atoms with E-state index >= 15 is 0 Å². The van der Waals surface area contributed by atoms with Crippen molar-refractivity contribution in [1.82, 2.24) is 9.55 Å². The molecule has 0 aliphatic carbocycles. The number of hydrogen-bond donors (Lipinski definition) is 1. The first-order chi connectivity index (χ1) is 5.20. The average molecular weight is 150 g/mol. The molecule has 0 fully saturated rings. The Hall–Kier alpha value is -1.27. The van der Waals surface area contributed by atoms with Gasteiger partial charge in [0, 0.05) is 7.05 Å². The molecule has 0 unspecified atom stereocenters. The number of aryl methyl sites for hydroxylation is 1. The molecule has 3 heteroatoms. The summed E-state index contributed by atoms with van der Waals surface area (Å²) in [6, 6.07) is 0. The highest BCUT2D eigenvalue weighted by atomic mass is 16.3. The molecule has 1 aromatic rings. The third-order valence-corrected chi connectivity index (χ3v) is 1.23. The molecule has 0 aromatic carbocycles. The molecule has 0 spiro atoms. The lowest BCUT2D eigenvalue weighted by atomic mass is 10.4. The van der Waals surface area contributed by atoms with Crippen molar-refractivity contribution in [3.8, 4) is 11.8 Å². The Bertz CT molecular complexity index is 291. The van der Waals surface area contributed by atoms with Gasteiger partial charge in [-0.15, -0.1) is 0 Å². The van der Waals surface area contributed by atoms with Crippen LogP contribution in [0.25, 0.3) is 0 Å². The fourth-order valence-electron chi connectivity index (χ4n) is 0.656. The number of hydrogen-bond acceptors (Lipinski definition) is 2. The van der Waals surface area contributed by atoms with E-state index in [9.17, 15) is 0 Å². The van der Waals surface area contributed by atoms with Crippen molar-refractivity contribution in [3.05, 3.63) is 18.2 Å². The second-order valence-electron chi connectivity index (χ2n) is 2.34. The van der Waals surface area contributed by atoms with Crippen molar-refractivity contribution >= 4 is 0 Å². The molecule has 0 amide bonds. The van der Waals surface area contributed by atoms with E-state index in [1.54, 1.807) is 24.0 Å². The number of aliphatic hydroxyl groups excluding tert-OH is 1. The summed E-state index contributed by atoms with van der Waals surface area (Å²) in [5.41, 5.74) is 0.811. The topological polar surface area (TPSA) is 38.1 Å². The highest BCUT2D eigenvalue weighted by molar-refractivity contribution is 5.26. The van der Waals surface area contributed by atoms with Gasteiger partial charge in [-0.1, -0.05) is 5.92 Å². The van der Waals surface area contributed by atoms with Crippen LogP contribution in [0.3, 0.4) is 0 Å². The van der Waals surface area contributed by atoms with Crippen molar-refractivity contribution in [1.29, 1.82) is 0 Å². The smallest absolute Gasteiger partial charge is 0.112 e. The molecule has 3 nitrogen and oxygen atoms in total. The molecule has 0 saturated carbocycles. The Morgan fingerprint density at radius 3 is 2.91 bits per heavy atom. The van der Waals surface area contributed by atoms with Gasteiger partial charge in [0.25, 0.3) is 0 Å². The van der Waals surface area contributed by atoms with Crippen LogP contribution in [0.4, 0.5) is 0 Å². The summed E-state index contributed by atoms with van der Waals surface area (Å²) in [6.07, 6.45) is 2.76. The maximum absolute atomic E-state index is 8.84. The van der Waals surface area contributed by atoms with Crippen LogP contribution >= 0.6 is 0 Å². The molecule has 11 heavy (non-hydrogen) atoms.